The van der Waals surface area contributed by atoms with Gasteiger partial charge in [-0.1, -0.05) is 23.2 Å². The Morgan fingerprint density at radius 3 is 2.57 bits per heavy atom. The Bertz CT molecular complexity index is 753. The van der Waals surface area contributed by atoms with Gasteiger partial charge in [0.1, 0.15) is 28.0 Å². The predicted octanol–water partition coefficient (Wildman–Crippen LogP) is 4.22. The second-order valence-electron chi connectivity index (χ2n) is 5.05. The fraction of sp³-hybridized carbons (Fsp3) is 0.250. The quantitative estimate of drug-likeness (QED) is 0.813. The second kappa shape index (κ2) is 7.34. The van der Waals surface area contributed by atoms with Gasteiger partial charge in [0.25, 0.3) is 0 Å². The van der Waals surface area contributed by atoms with Crippen molar-refractivity contribution < 1.29 is 18.7 Å². The van der Waals surface area contributed by atoms with Gasteiger partial charge in [-0.25, -0.2) is 13.8 Å². The van der Waals surface area contributed by atoms with E-state index in [1.54, 1.807) is 0 Å². The highest BCUT2D eigenvalue weighted by Crippen LogP contribution is 2.33. The first-order valence-electron chi connectivity index (χ1n) is 6.78. The molecule has 0 saturated carbocycles. The van der Waals surface area contributed by atoms with Crippen LogP contribution in [0.25, 0.3) is 11.1 Å². The SMILES string of the molecule is CC(=O)C(O)CCc1c(-c2ccc(F)cc2F)cc(Cl)nc1Cl. The lowest BCUT2D eigenvalue weighted by Crippen LogP contribution is -2.17. The van der Waals surface area contributed by atoms with E-state index in [0.717, 1.165) is 12.1 Å². The summed E-state index contributed by atoms with van der Waals surface area (Å²) in [5.41, 5.74) is 0.898. The summed E-state index contributed by atoms with van der Waals surface area (Å²) in [5.74, 6) is -1.85. The number of carbonyl (C=O) groups is 1. The Hall–Kier alpha value is -1.56. The fourth-order valence-electron chi connectivity index (χ4n) is 2.18. The number of aliphatic hydroxyl groups excluding tert-OH is 1. The zero-order valence-corrected chi connectivity index (χ0v) is 13.6. The van der Waals surface area contributed by atoms with E-state index in [4.69, 9.17) is 23.2 Å². The molecule has 0 aliphatic rings. The van der Waals surface area contributed by atoms with Crippen molar-refractivity contribution in [3.05, 3.63) is 51.8 Å². The monoisotopic (exact) mass is 359 g/mol. The molecule has 0 amide bonds. The van der Waals surface area contributed by atoms with Gasteiger partial charge in [-0.3, -0.25) is 4.79 Å². The lowest BCUT2D eigenvalue weighted by atomic mass is 9.96. The molecule has 0 aliphatic heterocycles. The Labute approximate surface area is 141 Å². The molecule has 0 saturated heterocycles. The standard InChI is InChI=1S/C16H13Cl2F2NO2/c1-8(22)14(23)5-4-11-12(7-15(17)21-16(11)18)10-3-2-9(19)6-13(10)20/h2-3,6-7,14,23H,4-5H2,1H3. The molecule has 1 aromatic heterocycles. The average molecular weight is 360 g/mol. The van der Waals surface area contributed by atoms with E-state index in [9.17, 15) is 18.7 Å². The van der Waals surface area contributed by atoms with Crippen molar-refractivity contribution in [1.82, 2.24) is 4.98 Å². The van der Waals surface area contributed by atoms with E-state index < -0.39 is 17.7 Å². The van der Waals surface area contributed by atoms with Crippen molar-refractivity contribution in [2.75, 3.05) is 0 Å². The first kappa shape index (κ1) is 17.8. The van der Waals surface area contributed by atoms with Crippen LogP contribution in [0, 0.1) is 11.6 Å². The highest BCUT2D eigenvalue weighted by Gasteiger charge is 2.18. The van der Waals surface area contributed by atoms with Crippen molar-refractivity contribution in [3.8, 4) is 11.1 Å². The normalized spacial score (nSPS) is 12.3. The van der Waals surface area contributed by atoms with E-state index >= 15 is 0 Å². The van der Waals surface area contributed by atoms with Gasteiger partial charge in [0.15, 0.2) is 5.78 Å². The van der Waals surface area contributed by atoms with Gasteiger partial charge in [-0.15, -0.1) is 0 Å². The number of pyridine rings is 1. The molecule has 0 fully saturated rings. The van der Waals surface area contributed by atoms with Crippen molar-refractivity contribution in [2.45, 2.75) is 25.9 Å². The van der Waals surface area contributed by atoms with E-state index in [2.05, 4.69) is 4.98 Å². The van der Waals surface area contributed by atoms with Crippen LogP contribution in [0.4, 0.5) is 8.78 Å². The molecule has 1 heterocycles. The Morgan fingerprint density at radius 1 is 1.26 bits per heavy atom. The van der Waals surface area contributed by atoms with Crippen LogP contribution in [0.5, 0.6) is 0 Å². The predicted molar refractivity (Wildman–Crippen MR) is 84.6 cm³/mol. The van der Waals surface area contributed by atoms with Crippen molar-refractivity contribution in [3.63, 3.8) is 0 Å². The van der Waals surface area contributed by atoms with Gasteiger partial charge < -0.3 is 5.11 Å². The highest BCUT2D eigenvalue weighted by atomic mass is 35.5. The molecule has 0 radical (unpaired) electrons. The first-order chi connectivity index (χ1) is 10.8. The minimum Gasteiger partial charge on any atom is -0.385 e. The molecule has 1 unspecified atom stereocenters. The zero-order chi connectivity index (χ0) is 17.1. The van der Waals surface area contributed by atoms with Crippen LogP contribution < -0.4 is 0 Å². The summed E-state index contributed by atoms with van der Waals surface area (Å²) in [5, 5.41) is 9.73. The molecule has 1 atom stereocenters. The summed E-state index contributed by atoms with van der Waals surface area (Å²) < 4.78 is 27.1. The van der Waals surface area contributed by atoms with Crippen LogP contribution in [0.1, 0.15) is 18.9 Å². The number of aromatic nitrogens is 1. The second-order valence-corrected chi connectivity index (χ2v) is 5.80. The van der Waals surface area contributed by atoms with Gasteiger partial charge >= 0.3 is 0 Å². The number of halogens is 4. The zero-order valence-electron chi connectivity index (χ0n) is 12.1. The van der Waals surface area contributed by atoms with Gasteiger partial charge in [-0.2, -0.15) is 0 Å². The maximum atomic E-state index is 14.1. The van der Waals surface area contributed by atoms with E-state index in [1.807, 2.05) is 0 Å². The molecule has 0 bridgehead atoms. The largest absolute Gasteiger partial charge is 0.385 e. The van der Waals surface area contributed by atoms with Crippen LogP contribution in [0.15, 0.2) is 24.3 Å². The average Bonchev–Trinajstić information content (AvgIpc) is 2.45. The molecule has 23 heavy (non-hydrogen) atoms. The summed E-state index contributed by atoms with van der Waals surface area (Å²) in [6.45, 7) is 1.27. The molecule has 0 spiro atoms. The highest BCUT2D eigenvalue weighted by molar-refractivity contribution is 6.33. The smallest absolute Gasteiger partial charge is 0.158 e. The van der Waals surface area contributed by atoms with E-state index in [1.165, 1.54) is 19.1 Å². The van der Waals surface area contributed by atoms with Crippen LogP contribution in [-0.4, -0.2) is 22.0 Å². The summed E-state index contributed by atoms with van der Waals surface area (Å²) in [4.78, 5) is 15.0. The summed E-state index contributed by atoms with van der Waals surface area (Å²) >= 11 is 11.9. The lowest BCUT2D eigenvalue weighted by Gasteiger charge is -2.14. The Kier molecular flexibility index (Phi) is 5.68. The molecule has 0 aliphatic carbocycles. The number of nitrogens with zero attached hydrogens (tertiary/aromatic N) is 1. The maximum Gasteiger partial charge on any atom is 0.158 e. The van der Waals surface area contributed by atoms with Gasteiger partial charge in [0.2, 0.25) is 0 Å². The van der Waals surface area contributed by atoms with Crippen molar-refractivity contribution >= 4 is 29.0 Å². The summed E-state index contributed by atoms with van der Waals surface area (Å²) in [7, 11) is 0. The summed E-state index contributed by atoms with van der Waals surface area (Å²) in [6.07, 6.45) is -0.850. The Morgan fingerprint density at radius 2 is 1.96 bits per heavy atom. The lowest BCUT2D eigenvalue weighted by molar-refractivity contribution is -0.125. The molecule has 122 valence electrons. The molecule has 7 heteroatoms. The Balaban J connectivity index is 2.47. The number of hydrogen-bond donors (Lipinski definition) is 1. The van der Waals surface area contributed by atoms with Crippen LogP contribution in [0.2, 0.25) is 10.3 Å². The number of rotatable bonds is 5. The van der Waals surface area contributed by atoms with Gasteiger partial charge in [0, 0.05) is 11.6 Å². The molecule has 3 nitrogen and oxygen atoms in total. The van der Waals surface area contributed by atoms with Crippen LogP contribution >= 0.6 is 23.2 Å². The van der Waals surface area contributed by atoms with E-state index in [0.29, 0.717) is 11.1 Å². The van der Waals surface area contributed by atoms with Crippen molar-refractivity contribution in [1.29, 1.82) is 0 Å². The third kappa shape index (κ3) is 4.25. The third-order valence-electron chi connectivity index (χ3n) is 3.40. The number of benzene rings is 1. The molecule has 1 aromatic carbocycles. The molecule has 2 aromatic rings. The first-order valence-corrected chi connectivity index (χ1v) is 7.54. The molecule has 1 N–H and O–H groups in total. The minimum atomic E-state index is -1.15. The molecular formula is C16H13Cl2F2NO2. The fourth-order valence-corrected chi connectivity index (χ4v) is 2.71. The molecular weight excluding hydrogens is 347 g/mol. The topological polar surface area (TPSA) is 50.2 Å². The van der Waals surface area contributed by atoms with E-state index in [-0.39, 0.29) is 34.5 Å². The summed E-state index contributed by atoms with van der Waals surface area (Å²) in [6, 6.07) is 4.57. The number of hydrogen-bond acceptors (Lipinski definition) is 3. The number of ketones is 1. The van der Waals surface area contributed by atoms with Crippen molar-refractivity contribution in [2.24, 2.45) is 0 Å². The van der Waals surface area contributed by atoms with Gasteiger partial charge in [-0.05, 0) is 49.1 Å². The number of carbonyl (C=O) groups excluding carboxylic acids is 1. The van der Waals surface area contributed by atoms with Crippen LogP contribution in [-0.2, 0) is 11.2 Å². The third-order valence-corrected chi connectivity index (χ3v) is 3.91. The van der Waals surface area contributed by atoms with Gasteiger partial charge in [0.05, 0.1) is 0 Å². The van der Waals surface area contributed by atoms with Crippen LogP contribution in [0.3, 0.4) is 0 Å². The maximum absolute atomic E-state index is 14.1. The number of Topliss-reactive ketones (excluding diaryl/α,β-unsaturated/α-hetero) is 1. The molecule has 2 rings (SSSR count). The minimum absolute atomic E-state index is 0.0481. The number of aliphatic hydroxyl groups is 1.